The van der Waals surface area contributed by atoms with E-state index in [-0.39, 0.29) is 17.5 Å². The molecule has 7 nitrogen and oxygen atoms in total. The largest absolute Gasteiger partial charge is 0.365 e. The highest BCUT2D eigenvalue weighted by molar-refractivity contribution is 6.03. The minimum absolute atomic E-state index is 0.178. The molecule has 1 heterocycles. The van der Waals surface area contributed by atoms with E-state index in [0.29, 0.717) is 23.7 Å². The first kappa shape index (κ1) is 19.0. The lowest BCUT2D eigenvalue weighted by atomic mass is 10.1. The zero-order chi connectivity index (χ0) is 19.9. The number of rotatable bonds is 6. The van der Waals surface area contributed by atoms with E-state index in [2.05, 4.69) is 38.9 Å². The van der Waals surface area contributed by atoms with Crippen LogP contribution in [0.25, 0.3) is 0 Å². The number of carbonyl (C=O) groups excluding carboxylic acids is 2. The second-order valence-electron chi connectivity index (χ2n) is 6.28. The molecule has 0 saturated heterocycles. The van der Waals surface area contributed by atoms with Crippen molar-refractivity contribution in [2.45, 2.75) is 20.4 Å². The molecule has 1 aromatic heterocycles. The Bertz CT molecular complexity index is 986. The van der Waals surface area contributed by atoms with E-state index in [1.54, 1.807) is 24.3 Å². The van der Waals surface area contributed by atoms with E-state index < -0.39 is 0 Å². The van der Waals surface area contributed by atoms with Gasteiger partial charge in [0.05, 0.1) is 12.4 Å². The zero-order valence-electron chi connectivity index (χ0n) is 15.7. The van der Waals surface area contributed by atoms with Crippen LogP contribution in [0.5, 0.6) is 0 Å². The predicted molar refractivity (Wildman–Crippen MR) is 109 cm³/mol. The molecule has 3 rings (SSSR count). The standard InChI is InChI=1S/C21H21N5O2/c1-14-6-3-4-7-16(14)11-23-20-13-22-19(12-24-20)21(28)26-18-9-5-8-17(10-18)25-15(2)27/h3-10,12-13H,11H2,1-2H3,(H,23,24)(H,25,27)(H,26,28). The van der Waals surface area contributed by atoms with Crippen LogP contribution in [0.2, 0.25) is 0 Å². The predicted octanol–water partition coefficient (Wildman–Crippen LogP) is 3.61. The Morgan fingerprint density at radius 1 is 0.929 bits per heavy atom. The van der Waals surface area contributed by atoms with E-state index in [1.165, 1.54) is 30.4 Å². The highest BCUT2D eigenvalue weighted by Gasteiger charge is 2.09. The number of nitrogens with zero attached hydrogens (tertiary/aromatic N) is 2. The molecule has 0 aliphatic heterocycles. The van der Waals surface area contributed by atoms with Crippen molar-refractivity contribution in [3.63, 3.8) is 0 Å². The van der Waals surface area contributed by atoms with Gasteiger partial charge in [-0.15, -0.1) is 0 Å². The molecule has 0 saturated carbocycles. The molecule has 2 amide bonds. The Hall–Kier alpha value is -3.74. The van der Waals surface area contributed by atoms with E-state index in [1.807, 2.05) is 18.2 Å². The van der Waals surface area contributed by atoms with Gasteiger partial charge in [0.25, 0.3) is 5.91 Å². The van der Waals surface area contributed by atoms with Gasteiger partial charge in [-0.3, -0.25) is 9.59 Å². The summed E-state index contributed by atoms with van der Waals surface area (Å²) in [6.07, 6.45) is 2.95. The molecule has 0 atom stereocenters. The maximum atomic E-state index is 12.4. The van der Waals surface area contributed by atoms with Crippen LogP contribution in [0.15, 0.2) is 60.9 Å². The molecule has 0 spiro atoms. The molecule has 3 aromatic rings. The van der Waals surface area contributed by atoms with Crippen molar-refractivity contribution >= 4 is 29.0 Å². The summed E-state index contributed by atoms with van der Waals surface area (Å²) in [5.74, 6) is 0.0357. The first-order chi connectivity index (χ1) is 13.5. The number of nitrogens with one attached hydrogen (secondary N) is 3. The number of hydrogen-bond donors (Lipinski definition) is 3. The molecule has 142 valence electrons. The maximum absolute atomic E-state index is 12.4. The fraction of sp³-hybridized carbons (Fsp3) is 0.143. The first-order valence-corrected chi connectivity index (χ1v) is 8.81. The molecule has 0 bridgehead atoms. The van der Waals surface area contributed by atoms with Gasteiger partial charge in [-0.2, -0.15) is 0 Å². The lowest BCUT2D eigenvalue weighted by Crippen LogP contribution is -2.15. The Morgan fingerprint density at radius 3 is 2.36 bits per heavy atom. The highest BCUT2D eigenvalue weighted by Crippen LogP contribution is 2.16. The zero-order valence-corrected chi connectivity index (χ0v) is 15.7. The molecule has 0 fully saturated rings. The summed E-state index contributed by atoms with van der Waals surface area (Å²) in [5, 5.41) is 8.61. The smallest absolute Gasteiger partial charge is 0.275 e. The minimum Gasteiger partial charge on any atom is -0.365 e. The summed E-state index contributed by atoms with van der Waals surface area (Å²) in [5.41, 5.74) is 3.73. The summed E-state index contributed by atoms with van der Waals surface area (Å²) in [4.78, 5) is 31.9. The maximum Gasteiger partial charge on any atom is 0.275 e. The van der Waals surface area contributed by atoms with Crippen molar-refractivity contribution in [2.75, 3.05) is 16.0 Å². The molecular weight excluding hydrogens is 354 g/mol. The third-order valence-electron chi connectivity index (χ3n) is 4.05. The molecule has 28 heavy (non-hydrogen) atoms. The Balaban J connectivity index is 1.61. The molecule has 7 heteroatoms. The molecule has 0 aliphatic carbocycles. The van der Waals surface area contributed by atoms with Crippen LogP contribution in [0.4, 0.5) is 17.2 Å². The fourth-order valence-electron chi connectivity index (χ4n) is 2.60. The van der Waals surface area contributed by atoms with Crippen molar-refractivity contribution in [3.05, 3.63) is 77.7 Å². The van der Waals surface area contributed by atoms with Crippen LogP contribution in [0.3, 0.4) is 0 Å². The fourth-order valence-corrected chi connectivity index (χ4v) is 2.60. The van der Waals surface area contributed by atoms with Gasteiger partial charge in [0.15, 0.2) is 0 Å². The number of anilines is 3. The number of aromatic nitrogens is 2. The summed E-state index contributed by atoms with van der Waals surface area (Å²) in [6.45, 7) is 4.11. The average molecular weight is 375 g/mol. The lowest BCUT2D eigenvalue weighted by Gasteiger charge is -2.09. The van der Waals surface area contributed by atoms with Crippen LogP contribution in [-0.4, -0.2) is 21.8 Å². The van der Waals surface area contributed by atoms with E-state index >= 15 is 0 Å². The topological polar surface area (TPSA) is 96.0 Å². The quantitative estimate of drug-likeness (QED) is 0.612. The number of hydrogen-bond acceptors (Lipinski definition) is 5. The van der Waals surface area contributed by atoms with Crippen LogP contribution in [0, 0.1) is 6.92 Å². The monoisotopic (exact) mass is 375 g/mol. The van der Waals surface area contributed by atoms with Crippen molar-refractivity contribution in [1.29, 1.82) is 0 Å². The third-order valence-corrected chi connectivity index (χ3v) is 4.05. The van der Waals surface area contributed by atoms with Crippen LogP contribution in [0.1, 0.15) is 28.5 Å². The van der Waals surface area contributed by atoms with Crippen LogP contribution >= 0.6 is 0 Å². The van der Waals surface area contributed by atoms with Crippen molar-refractivity contribution in [1.82, 2.24) is 9.97 Å². The molecule has 0 aliphatic rings. The third kappa shape index (κ3) is 5.14. The molecule has 2 aromatic carbocycles. The van der Waals surface area contributed by atoms with Gasteiger partial charge in [0.1, 0.15) is 11.5 Å². The summed E-state index contributed by atoms with van der Waals surface area (Å²) >= 11 is 0. The normalized spacial score (nSPS) is 10.2. The number of aryl methyl sites for hydroxylation is 1. The van der Waals surface area contributed by atoms with Gasteiger partial charge >= 0.3 is 0 Å². The number of amides is 2. The van der Waals surface area contributed by atoms with Gasteiger partial charge in [-0.05, 0) is 36.2 Å². The Kier molecular flexibility index (Phi) is 5.96. The van der Waals surface area contributed by atoms with Crippen LogP contribution in [-0.2, 0) is 11.3 Å². The second kappa shape index (κ2) is 8.77. The van der Waals surface area contributed by atoms with Crippen molar-refractivity contribution < 1.29 is 9.59 Å². The molecular formula is C21H21N5O2. The van der Waals surface area contributed by atoms with Gasteiger partial charge in [0, 0.05) is 24.8 Å². The minimum atomic E-state index is -0.377. The summed E-state index contributed by atoms with van der Waals surface area (Å²) < 4.78 is 0. The SMILES string of the molecule is CC(=O)Nc1cccc(NC(=O)c2cnc(NCc3ccccc3C)cn2)c1. The van der Waals surface area contributed by atoms with Gasteiger partial charge in [-0.25, -0.2) is 9.97 Å². The Morgan fingerprint density at radius 2 is 1.68 bits per heavy atom. The molecule has 3 N–H and O–H groups in total. The Labute approximate surface area is 163 Å². The van der Waals surface area contributed by atoms with E-state index in [9.17, 15) is 9.59 Å². The average Bonchev–Trinajstić information content (AvgIpc) is 2.67. The number of benzene rings is 2. The van der Waals surface area contributed by atoms with Crippen molar-refractivity contribution in [3.8, 4) is 0 Å². The van der Waals surface area contributed by atoms with E-state index in [4.69, 9.17) is 0 Å². The first-order valence-electron chi connectivity index (χ1n) is 8.81. The summed E-state index contributed by atoms with van der Waals surface area (Å²) in [7, 11) is 0. The van der Waals surface area contributed by atoms with Gasteiger partial charge < -0.3 is 16.0 Å². The highest BCUT2D eigenvalue weighted by atomic mass is 16.2. The van der Waals surface area contributed by atoms with E-state index in [0.717, 1.165) is 0 Å². The van der Waals surface area contributed by atoms with Crippen LogP contribution < -0.4 is 16.0 Å². The van der Waals surface area contributed by atoms with Gasteiger partial charge in [0.2, 0.25) is 5.91 Å². The van der Waals surface area contributed by atoms with Gasteiger partial charge in [-0.1, -0.05) is 30.3 Å². The molecule has 0 radical (unpaired) electrons. The molecule has 0 unspecified atom stereocenters. The van der Waals surface area contributed by atoms with Crippen molar-refractivity contribution in [2.24, 2.45) is 0 Å². The second-order valence-corrected chi connectivity index (χ2v) is 6.28. The lowest BCUT2D eigenvalue weighted by molar-refractivity contribution is -0.114. The summed E-state index contributed by atoms with van der Waals surface area (Å²) in [6, 6.07) is 15.0. The number of carbonyl (C=O) groups is 2.